The van der Waals surface area contributed by atoms with Crippen LogP contribution in [0.25, 0.3) is 11.5 Å². The van der Waals surface area contributed by atoms with Gasteiger partial charge >= 0.3 is 0 Å². The van der Waals surface area contributed by atoms with Gasteiger partial charge < -0.3 is 14.5 Å². The fourth-order valence-electron chi connectivity index (χ4n) is 3.25. The molecule has 0 bridgehead atoms. The molecule has 1 N–H and O–H groups in total. The van der Waals surface area contributed by atoms with E-state index in [0.29, 0.717) is 24.3 Å². The molecule has 0 fully saturated rings. The molecule has 32 heavy (non-hydrogen) atoms. The topological polar surface area (TPSA) is 81.4 Å². The van der Waals surface area contributed by atoms with Crippen LogP contribution in [0.2, 0.25) is 0 Å². The Balaban J connectivity index is 1.68. The highest BCUT2D eigenvalue weighted by molar-refractivity contribution is 7.91. The van der Waals surface area contributed by atoms with Crippen molar-refractivity contribution in [3.63, 3.8) is 0 Å². The first-order valence-corrected chi connectivity index (χ1v) is 11.7. The second kappa shape index (κ2) is 9.28. The summed E-state index contributed by atoms with van der Waals surface area (Å²) in [6, 6.07) is 23.7. The van der Waals surface area contributed by atoms with Crippen LogP contribution >= 0.6 is 0 Å². The molecular formula is C25H24N2O4S. The number of aryl methyl sites for hydroxylation is 1. The predicted octanol–water partition coefficient (Wildman–Crippen LogP) is 5.15. The zero-order chi connectivity index (χ0) is 22.6. The average Bonchev–Trinajstić information content (AvgIpc) is 3.25. The molecule has 0 aliphatic carbocycles. The summed E-state index contributed by atoms with van der Waals surface area (Å²) < 4.78 is 37.8. The van der Waals surface area contributed by atoms with E-state index in [4.69, 9.17) is 9.15 Å². The van der Waals surface area contributed by atoms with Gasteiger partial charge in [-0.1, -0.05) is 48.0 Å². The molecule has 1 heterocycles. The molecule has 0 radical (unpaired) electrons. The van der Waals surface area contributed by atoms with E-state index < -0.39 is 9.84 Å². The summed E-state index contributed by atoms with van der Waals surface area (Å²) >= 11 is 0. The van der Waals surface area contributed by atoms with E-state index in [2.05, 4.69) is 10.3 Å². The number of anilines is 1. The van der Waals surface area contributed by atoms with Gasteiger partial charge in [0, 0.05) is 12.1 Å². The minimum absolute atomic E-state index is 0.125. The van der Waals surface area contributed by atoms with Gasteiger partial charge in [0.05, 0.1) is 12.0 Å². The van der Waals surface area contributed by atoms with Gasteiger partial charge in [-0.15, -0.1) is 0 Å². The molecule has 164 valence electrons. The van der Waals surface area contributed by atoms with Gasteiger partial charge in [-0.2, -0.15) is 4.98 Å². The van der Waals surface area contributed by atoms with Crippen LogP contribution < -0.4 is 10.1 Å². The minimum atomic E-state index is -3.87. The summed E-state index contributed by atoms with van der Waals surface area (Å²) in [4.78, 5) is 4.54. The summed E-state index contributed by atoms with van der Waals surface area (Å²) in [6.45, 7) is 2.41. The largest absolute Gasteiger partial charge is 0.497 e. The Morgan fingerprint density at radius 1 is 0.938 bits per heavy atom. The smallest absolute Gasteiger partial charge is 0.233 e. The zero-order valence-corrected chi connectivity index (χ0v) is 18.7. The molecular weight excluding hydrogens is 424 g/mol. The molecule has 0 aliphatic rings. The molecule has 4 rings (SSSR count). The molecule has 0 atom stereocenters. The number of benzene rings is 3. The fraction of sp³-hybridized carbons (Fsp3) is 0.160. The molecule has 0 amide bonds. The third kappa shape index (κ3) is 4.68. The number of nitrogens with zero attached hydrogens (tertiary/aromatic N) is 1. The first kappa shape index (κ1) is 21.6. The lowest BCUT2D eigenvalue weighted by Gasteiger charge is -2.06. The summed E-state index contributed by atoms with van der Waals surface area (Å²) in [7, 11) is -2.29. The molecule has 0 saturated carbocycles. The zero-order valence-electron chi connectivity index (χ0n) is 17.9. The van der Waals surface area contributed by atoms with E-state index in [-0.39, 0.29) is 21.7 Å². The molecule has 0 saturated heterocycles. The molecule has 1 aromatic heterocycles. The maximum atomic E-state index is 13.4. The van der Waals surface area contributed by atoms with Crippen LogP contribution in [0, 0.1) is 6.92 Å². The Kier molecular flexibility index (Phi) is 6.28. The number of methoxy groups -OCH3 is 1. The standard InChI is InChI=1S/C25H24N2O4S/c1-18-8-14-22(15-9-18)32(28,29)25-24(26-17-16-19-6-4-3-5-7-19)31-23(27-25)20-10-12-21(30-2)13-11-20/h3-15,26H,16-17H2,1-2H3. The van der Waals surface area contributed by atoms with Crippen molar-refractivity contribution in [2.75, 3.05) is 19.0 Å². The highest BCUT2D eigenvalue weighted by atomic mass is 32.2. The fourth-order valence-corrected chi connectivity index (χ4v) is 4.53. The van der Waals surface area contributed by atoms with Crippen LogP contribution in [0.5, 0.6) is 5.75 Å². The Hall–Kier alpha value is -3.58. The summed E-state index contributed by atoms with van der Waals surface area (Å²) in [5.41, 5.74) is 2.77. The summed E-state index contributed by atoms with van der Waals surface area (Å²) in [6.07, 6.45) is 0.712. The van der Waals surface area contributed by atoms with E-state index >= 15 is 0 Å². The number of aromatic nitrogens is 1. The highest BCUT2D eigenvalue weighted by Crippen LogP contribution is 2.33. The number of rotatable bonds is 8. The number of ether oxygens (including phenoxy) is 1. The van der Waals surface area contributed by atoms with Crippen molar-refractivity contribution in [1.29, 1.82) is 0 Å². The molecule has 3 aromatic carbocycles. The van der Waals surface area contributed by atoms with Gasteiger partial charge in [0.15, 0.2) is 0 Å². The third-order valence-electron chi connectivity index (χ3n) is 5.06. The van der Waals surface area contributed by atoms with Crippen LogP contribution in [-0.4, -0.2) is 27.1 Å². The van der Waals surface area contributed by atoms with Crippen molar-refractivity contribution in [2.45, 2.75) is 23.3 Å². The highest BCUT2D eigenvalue weighted by Gasteiger charge is 2.28. The number of oxazole rings is 1. The SMILES string of the molecule is COc1ccc(-c2nc(S(=O)(=O)c3ccc(C)cc3)c(NCCc3ccccc3)o2)cc1. The quantitative estimate of drug-likeness (QED) is 0.402. The lowest BCUT2D eigenvalue weighted by Crippen LogP contribution is -2.09. The van der Waals surface area contributed by atoms with Crippen LogP contribution in [0.4, 0.5) is 5.88 Å². The van der Waals surface area contributed by atoms with Crippen molar-refractivity contribution >= 4 is 15.7 Å². The van der Waals surface area contributed by atoms with Crippen molar-refractivity contribution in [3.05, 3.63) is 90.0 Å². The van der Waals surface area contributed by atoms with Crippen LogP contribution in [-0.2, 0) is 16.3 Å². The van der Waals surface area contributed by atoms with Gasteiger partial charge in [0.25, 0.3) is 0 Å². The van der Waals surface area contributed by atoms with E-state index in [1.54, 1.807) is 55.6 Å². The van der Waals surface area contributed by atoms with Crippen LogP contribution in [0.3, 0.4) is 0 Å². The molecule has 0 spiro atoms. The first-order valence-electron chi connectivity index (χ1n) is 10.2. The van der Waals surface area contributed by atoms with E-state index in [0.717, 1.165) is 11.1 Å². The maximum Gasteiger partial charge on any atom is 0.233 e. The van der Waals surface area contributed by atoms with Gasteiger partial charge in [0.2, 0.25) is 26.6 Å². The second-order valence-corrected chi connectivity index (χ2v) is 9.23. The van der Waals surface area contributed by atoms with Crippen molar-refractivity contribution in [3.8, 4) is 17.2 Å². The van der Waals surface area contributed by atoms with Gasteiger partial charge in [-0.25, -0.2) is 8.42 Å². The molecule has 0 unspecified atom stereocenters. The lowest BCUT2D eigenvalue weighted by molar-refractivity contribution is 0.415. The molecule has 4 aromatic rings. The summed E-state index contributed by atoms with van der Waals surface area (Å²) in [5.74, 6) is 1.04. The van der Waals surface area contributed by atoms with Crippen molar-refractivity contribution in [1.82, 2.24) is 4.98 Å². The van der Waals surface area contributed by atoms with Gasteiger partial charge in [-0.3, -0.25) is 0 Å². The van der Waals surface area contributed by atoms with Crippen molar-refractivity contribution in [2.24, 2.45) is 0 Å². The van der Waals surface area contributed by atoms with Crippen molar-refractivity contribution < 1.29 is 17.6 Å². The Morgan fingerprint density at radius 3 is 2.28 bits per heavy atom. The molecule has 7 heteroatoms. The van der Waals surface area contributed by atoms with Crippen LogP contribution in [0.1, 0.15) is 11.1 Å². The third-order valence-corrected chi connectivity index (χ3v) is 6.74. The Labute approximate surface area is 187 Å². The second-order valence-electron chi connectivity index (χ2n) is 7.36. The Morgan fingerprint density at radius 2 is 1.62 bits per heavy atom. The number of nitrogens with one attached hydrogen (secondary N) is 1. The summed E-state index contributed by atoms with van der Waals surface area (Å²) in [5, 5.41) is 3.00. The lowest BCUT2D eigenvalue weighted by atomic mass is 10.1. The Bertz CT molecular complexity index is 1280. The van der Waals surface area contributed by atoms with Gasteiger partial charge in [-0.05, 0) is 55.3 Å². The number of hydrogen-bond acceptors (Lipinski definition) is 6. The van der Waals surface area contributed by atoms with Crippen LogP contribution in [0.15, 0.2) is 93.2 Å². The van der Waals surface area contributed by atoms with E-state index in [1.807, 2.05) is 37.3 Å². The molecule has 0 aliphatic heterocycles. The first-order chi connectivity index (χ1) is 15.5. The normalized spacial score (nSPS) is 11.3. The predicted molar refractivity (Wildman–Crippen MR) is 124 cm³/mol. The maximum absolute atomic E-state index is 13.4. The van der Waals surface area contributed by atoms with E-state index in [1.165, 1.54) is 0 Å². The van der Waals surface area contributed by atoms with Gasteiger partial charge in [0.1, 0.15) is 5.75 Å². The number of sulfone groups is 1. The monoisotopic (exact) mass is 448 g/mol. The molecule has 6 nitrogen and oxygen atoms in total. The van der Waals surface area contributed by atoms with E-state index in [9.17, 15) is 8.42 Å². The number of hydrogen-bond donors (Lipinski definition) is 1. The minimum Gasteiger partial charge on any atom is -0.497 e. The average molecular weight is 449 g/mol.